The van der Waals surface area contributed by atoms with Crippen LogP contribution in [0.3, 0.4) is 0 Å². The Morgan fingerprint density at radius 1 is 1.17 bits per heavy atom. The molecule has 1 saturated heterocycles. The highest BCUT2D eigenvalue weighted by Gasteiger charge is 2.31. The number of hydrogen-bond donors (Lipinski definition) is 2. The number of para-hydroxylation sites is 1. The molecule has 2 N–H and O–H groups in total. The summed E-state index contributed by atoms with van der Waals surface area (Å²) < 4.78 is 24.4. The van der Waals surface area contributed by atoms with E-state index in [1.807, 2.05) is 29.2 Å². The molecule has 0 spiro atoms. The van der Waals surface area contributed by atoms with Gasteiger partial charge in [-0.05, 0) is 55.6 Å². The summed E-state index contributed by atoms with van der Waals surface area (Å²) in [5.74, 6) is 0.426. The van der Waals surface area contributed by atoms with E-state index >= 15 is 0 Å². The van der Waals surface area contributed by atoms with Crippen molar-refractivity contribution in [2.75, 3.05) is 33.4 Å². The van der Waals surface area contributed by atoms with Gasteiger partial charge in [0.1, 0.15) is 12.4 Å². The van der Waals surface area contributed by atoms with Gasteiger partial charge in [0.15, 0.2) is 11.6 Å². The number of ether oxygens (including phenoxy) is 2. The highest BCUT2D eigenvalue weighted by Crippen LogP contribution is 2.25. The molecule has 6 nitrogen and oxygen atoms in total. The smallest absolute Gasteiger partial charge is 0.234 e. The number of nitrogens with zero attached hydrogens (tertiary/aromatic N) is 1. The number of benzene rings is 2. The van der Waals surface area contributed by atoms with Crippen molar-refractivity contribution in [3.8, 4) is 11.5 Å². The minimum atomic E-state index is -1.03. The molecule has 0 bridgehead atoms. The van der Waals surface area contributed by atoms with Gasteiger partial charge in [-0.1, -0.05) is 24.3 Å². The lowest BCUT2D eigenvalue weighted by atomic mass is 9.96. The van der Waals surface area contributed by atoms with E-state index in [2.05, 4.69) is 5.32 Å². The van der Waals surface area contributed by atoms with E-state index in [1.54, 1.807) is 25.3 Å². The van der Waals surface area contributed by atoms with E-state index in [-0.39, 0.29) is 24.8 Å². The number of nitrogens with one attached hydrogen (secondary N) is 1. The van der Waals surface area contributed by atoms with Gasteiger partial charge in [0.05, 0.1) is 19.3 Å². The van der Waals surface area contributed by atoms with Crippen molar-refractivity contribution < 1.29 is 23.8 Å². The number of aliphatic hydroxyl groups is 1. The summed E-state index contributed by atoms with van der Waals surface area (Å²) >= 11 is 0. The Morgan fingerprint density at radius 3 is 2.67 bits per heavy atom. The molecule has 1 fully saturated rings. The van der Waals surface area contributed by atoms with E-state index in [0.29, 0.717) is 25.9 Å². The van der Waals surface area contributed by atoms with Gasteiger partial charge >= 0.3 is 0 Å². The van der Waals surface area contributed by atoms with Crippen LogP contribution in [0.25, 0.3) is 0 Å². The average molecular weight is 416 g/mol. The predicted octanol–water partition coefficient (Wildman–Crippen LogP) is 2.75. The number of rotatable bonds is 8. The maximum atomic E-state index is 13.7. The Kier molecular flexibility index (Phi) is 7.65. The van der Waals surface area contributed by atoms with Crippen molar-refractivity contribution in [2.45, 2.75) is 31.4 Å². The van der Waals surface area contributed by atoms with Gasteiger partial charge in [-0.25, -0.2) is 4.39 Å². The molecule has 0 aliphatic carbocycles. The first-order chi connectivity index (χ1) is 14.5. The minimum absolute atomic E-state index is 0.0332. The average Bonchev–Trinajstić information content (AvgIpc) is 2.94. The van der Waals surface area contributed by atoms with Crippen LogP contribution in [-0.4, -0.2) is 54.9 Å². The third kappa shape index (κ3) is 6.43. The molecule has 0 unspecified atom stereocenters. The molecule has 1 amide bonds. The normalized spacial score (nSPS) is 19.7. The van der Waals surface area contributed by atoms with Crippen LogP contribution in [0.2, 0.25) is 0 Å². The van der Waals surface area contributed by atoms with E-state index in [1.165, 1.54) is 6.07 Å². The number of carbonyl (C=O) groups is 1. The summed E-state index contributed by atoms with van der Waals surface area (Å²) in [5.41, 5.74) is -0.0314. The third-order valence-electron chi connectivity index (χ3n) is 5.36. The van der Waals surface area contributed by atoms with E-state index in [4.69, 9.17) is 9.47 Å². The van der Waals surface area contributed by atoms with Crippen LogP contribution < -0.4 is 14.8 Å². The molecular formula is C23H29FN2O4. The molecule has 0 radical (unpaired) electrons. The highest BCUT2D eigenvalue weighted by molar-refractivity contribution is 5.78. The van der Waals surface area contributed by atoms with Crippen LogP contribution in [0.15, 0.2) is 48.5 Å². The first-order valence-electron chi connectivity index (χ1n) is 10.2. The van der Waals surface area contributed by atoms with Crippen LogP contribution in [0.1, 0.15) is 24.8 Å². The zero-order valence-electron chi connectivity index (χ0n) is 17.3. The Bertz CT molecular complexity index is 830. The van der Waals surface area contributed by atoms with Gasteiger partial charge in [-0.3, -0.25) is 9.69 Å². The fraction of sp³-hybridized carbons (Fsp3) is 0.435. The Hall–Kier alpha value is -2.64. The van der Waals surface area contributed by atoms with Crippen LogP contribution >= 0.6 is 0 Å². The summed E-state index contributed by atoms with van der Waals surface area (Å²) in [6.07, 6.45) is 1.75. The van der Waals surface area contributed by atoms with E-state index in [0.717, 1.165) is 24.3 Å². The van der Waals surface area contributed by atoms with Gasteiger partial charge in [0, 0.05) is 13.1 Å². The second-order valence-electron chi connectivity index (χ2n) is 7.70. The second-order valence-corrected chi connectivity index (χ2v) is 7.70. The number of carbonyl (C=O) groups excluding carboxylic acids is 1. The van der Waals surface area contributed by atoms with Crippen LogP contribution in [-0.2, 0) is 11.3 Å². The number of amides is 1. The summed E-state index contributed by atoms with van der Waals surface area (Å²) in [5, 5.41) is 13.8. The molecule has 30 heavy (non-hydrogen) atoms. The molecule has 1 heterocycles. The maximum Gasteiger partial charge on any atom is 0.234 e. The van der Waals surface area contributed by atoms with E-state index < -0.39 is 11.4 Å². The summed E-state index contributed by atoms with van der Waals surface area (Å²) in [6, 6.07) is 13.7. The molecule has 3 rings (SSSR count). The number of halogens is 1. The zero-order valence-corrected chi connectivity index (χ0v) is 17.3. The van der Waals surface area contributed by atoms with Gasteiger partial charge < -0.3 is 19.9 Å². The molecule has 1 atom stereocenters. The van der Waals surface area contributed by atoms with Crippen molar-refractivity contribution in [1.82, 2.24) is 10.2 Å². The SMILES string of the molecule is COc1ccc(CNC(=O)CN2CCC[C@@](O)(COc3ccccc3F)CC2)cc1. The first-order valence-corrected chi connectivity index (χ1v) is 10.2. The van der Waals surface area contributed by atoms with Gasteiger partial charge in [0.25, 0.3) is 0 Å². The maximum absolute atomic E-state index is 13.7. The van der Waals surface area contributed by atoms with Gasteiger partial charge in [-0.2, -0.15) is 0 Å². The summed E-state index contributed by atoms with van der Waals surface area (Å²) in [6.45, 7) is 2.06. The molecule has 1 aliphatic rings. The van der Waals surface area contributed by atoms with Crippen LogP contribution in [0.5, 0.6) is 11.5 Å². The number of hydrogen-bond acceptors (Lipinski definition) is 5. The lowest BCUT2D eigenvalue weighted by Crippen LogP contribution is -2.40. The Balaban J connectivity index is 1.43. The second kappa shape index (κ2) is 10.4. The van der Waals surface area contributed by atoms with Crippen molar-refractivity contribution in [1.29, 1.82) is 0 Å². The van der Waals surface area contributed by atoms with Gasteiger partial charge in [0.2, 0.25) is 5.91 Å². The number of methoxy groups -OCH3 is 1. The largest absolute Gasteiger partial charge is 0.497 e. The topological polar surface area (TPSA) is 71.0 Å². The molecule has 7 heteroatoms. The monoisotopic (exact) mass is 416 g/mol. The Labute approximate surface area is 176 Å². The molecule has 1 aliphatic heterocycles. The zero-order chi connectivity index (χ0) is 21.4. The predicted molar refractivity (Wildman–Crippen MR) is 112 cm³/mol. The highest BCUT2D eigenvalue weighted by atomic mass is 19.1. The third-order valence-corrected chi connectivity index (χ3v) is 5.36. The van der Waals surface area contributed by atoms with Crippen molar-refractivity contribution >= 4 is 5.91 Å². The number of likely N-dealkylation sites (tertiary alicyclic amines) is 1. The molecule has 0 aromatic heterocycles. The van der Waals surface area contributed by atoms with E-state index in [9.17, 15) is 14.3 Å². The van der Waals surface area contributed by atoms with Crippen LogP contribution in [0, 0.1) is 5.82 Å². The summed E-state index contributed by atoms with van der Waals surface area (Å²) in [7, 11) is 1.62. The van der Waals surface area contributed by atoms with Crippen molar-refractivity contribution in [3.05, 3.63) is 59.9 Å². The minimum Gasteiger partial charge on any atom is -0.497 e. The van der Waals surface area contributed by atoms with Crippen LogP contribution in [0.4, 0.5) is 4.39 Å². The standard InChI is InChI=1S/C23H29FN2O4/c1-29-19-9-7-18(8-10-19)15-25-22(27)16-26-13-4-11-23(28,12-14-26)17-30-21-6-3-2-5-20(21)24/h2-3,5-10,28H,4,11-17H2,1H3,(H,25,27)/t23-/m0/s1. The Morgan fingerprint density at radius 2 is 1.93 bits per heavy atom. The molecule has 0 saturated carbocycles. The fourth-order valence-electron chi connectivity index (χ4n) is 3.51. The lowest BCUT2D eigenvalue weighted by Gasteiger charge is -2.27. The molecular weight excluding hydrogens is 387 g/mol. The molecule has 2 aromatic rings. The molecule has 162 valence electrons. The van der Waals surface area contributed by atoms with Crippen molar-refractivity contribution in [2.24, 2.45) is 0 Å². The summed E-state index contributed by atoms with van der Waals surface area (Å²) in [4.78, 5) is 14.4. The van der Waals surface area contributed by atoms with Gasteiger partial charge in [-0.15, -0.1) is 0 Å². The lowest BCUT2D eigenvalue weighted by molar-refractivity contribution is -0.122. The quantitative estimate of drug-likeness (QED) is 0.693. The first kappa shape index (κ1) is 22.1. The molecule has 2 aromatic carbocycles. The van der Waals surface area contributed by atoms with Crippen molar-refractivity contribution in [3.63, 3.8) is 0 Å². The fourth-order valence-corrected chi connectivity index (χ4v) is 3.51.